The number of rotatable bonds is 5. The van der Waals surface area contributed by atoms with Crippen molar-refractivity contribution < 1.29 is 13.9 Å². The molecule has 104 valence electrons. The van der Waals surface area contributed by atoms with Crippen molar-refractivity contribution in [3.8, 4) is 5.88 Å². The Labute approximate surface area is 113 Å². The lowest BCUT2D eigenvalue weighted by Gasteiger charge is -2.06. The van der Waals surface area contributed by atoms with Gasteiger partial charge in [-0.2, -0.15) is 4.98 Å². The minimum Gasteiger partial charge on any atom is -0.472 e. The average Bonchev–Trinajstić information content (AvgIpc) is 3.02. The van der Waals surface area contributed by atoms with Gasteiger partial charge in [-0.05, 0) is 19.0 Å². The Kier molecular flexibility index (Phi) is 3.15. The minimum atomic E-state index is 0.390. The van der Waals surface area contributed by atoms with Crippen LogP contribution < -0.4 is 10.1 Å². The van der Waals surface area contributed by atoms with Crippen LogP contribution in [0.3, 0.4) is 0 Å². The molecule has 9 nitrogen and oxygen atoms in total. The molecule has 0 atom stereocenters. The third kappa shape index (κ3) is 2.25. The van der Waals surface area contributed by atoms with E-state index in [2.05, 4.69) is 35.4 Å². The van der Waals surface area contributed by atoms with Gasteiger partial charge in [-0.15, -0.1) is 0 Å². The highest BCUT2D eigenvalue weighted by molar-refractivity contribution is 5.87. The second kappa shape index (κ2) is 5.11. The van der Waals surface area contributed by atoms with Crippen LogP contribution in [0.4, 0.5) is 5.82 Å². The number of nitrogens with zero attached hydrogens (tertiary/aromatic N) is 5. The third-order valence-electron chi connectivity index (χ3n) is 2.69. The van der Waals surface area contributed by atoms with E-state index in [1.807, 2.05) is 6.92 Å². The van der Waals surface area contributed by atoms with Crippen molar-refractivity contribution in [1.82, 2.24) is 25.4 Å². The topological polar surface area (TPSA) is 112 Å². The molecule has 0 amide bonds. The molecule has 20 heavy (non-hydrogen) atoms. The Bertz CT molecular complexity index is 722. The SMILES string of the molecule is Cc1nonc1OCCNc1ncnc2onc(C)c12. The van der Waals surface area contributed by atoms with Crippen molar-refractivity contribution in [3.05, 3.63) is 17.7 Å². The van der Waals surface area contributed by atoms with E-state index in [-0.39, 0.29) is 0 Å². The van der Waals surface area contributed by atoms with Crippen molar-refractivity contribution in [3.63, 3.8) is 0 Å². The number of anilines is 1. The minimum absolute atomic E-state index is 0.390. The van der Waals surface area contributed by atoms with Crippen LogP contribution in [0.5, 0.6) is 5.88 Å². The van der Waals surface area contributed by atoms with Crippen LogP contribution in [0, 0.1) is 13.8 Å². The number of ether oxygens (including phenoxy) is 1. The average molecular weight is 276 g/mol. The molecule has 0 aliphatic heterocycles. The molecule has 0 radical (unpaired) electrons. The monoisotopic (exact) mass is 276 g/mol. The van der Waals surface area contributed by atoms with Crippen LogP contribution in [0.1, 0.15) is 11.4 Å². The fourth-order valence-corrected chi connectivity index (χ4v) is 1.73. The Morgan fingerprint density at radius 2 is 2.05 bits per heavy atom. The summed E-state index contributed by atoms with van der Waals surface area (Å²) in [7, 11) is 0. The van der Waals surface area contributed by atoms with Crippen molar-refractivity contribution in [2.75, 3.05) is 18.5 Å². The van der Waals surface area contributed by atoms with Gasteiger partial charge in [-0.1, -0.05) is 10.3 Å². The summed E-state index contributed by atoms with van der Waals surface area (Å²) in [6, 6.07) is 0. The van der Waals surface area contributed by atoms with Crippen LogP contribution in [0.2, 0.25) is 0 Å². The predicted octanol–water partition coefficient (Wildman–Crippen LogP) is 1.11. The fourth-order valence-electron chi connectivity index (χ4n) is 1.73. The molecule has 0 spiro atoms. The van der Waals surface area contributed by atoms with E-state index in [0.29, 0.717) is 36.3 Å². The van der Waals surface area contributed by atoms with Crippen LogP contribution in [0.15, 0.2) is 15.5 Å². The highest BCUT2D eigenvalue weighted by Crippen LogP contribution is 2.21. The maximum absolute atomic E-state index is 5.41. The molecule has 0 aliphatic carbocycles. The highest BCUT2D eigenvalue weighted by Gasteiger charge is 2.11. The third-order valence-corrected chi connectivity index (χ3v) is 2.69. The molecule has 0 saturated carbocycles. The van der Waals surface area contributed by atoms with Gasteiger partial charge in [-0.25, -0.2) is 9.61 Å². The molecule has 0 aliphatic rings. The number of aromatic nitrogens is 5. The molecule has 0 bridgehead atoms. The lowest BCUT2D eigenvalue weighted by molar-refractivity contribution is 0.261. The first-order valence-corrected chi connectivity index (χ1v) is 5.98. The van der Waals surface area contributed by atoms with Crippen LogP contribution in [0.25, 0.3) is 11.1 Å². The van der Waals surface area contributed by atoms with E-state index in [4.69, 9.17) is 9.26 Å². The lowest BCUT2D eigenvalue weighted by Crippen LogP contribution is -2.13. The summed E-state index contributed by atoms with van der Waals surface area (Å²) >= 11 is 0. The highest BCUT2D eigenvalue weighted by atomic mass is 16.6. The Morgan fingerprint density at radius 3 is 2.85 bits per heavy atom. The van der Waals surface area contributed by atoms with Crippen molar-refractivity contribution in [2.45, 2.75) is 13.8 Å². The maximum Gasteiger partial charge on any atom is 0.278 e. The zero-order chi connectivity index (χ0) is 13.9. The van der Waals surface area contributed by atoms with Gasteiger partial charge in [0.05, 0.1) is 12.2 Å². The van der Waals surface area contributed by atoms with Gasteiger partial charge < -0.3 is 14.6 Å². The molecular formula is C11H12N6O3. The van der Waals surface area contributed by atoms with Crippen molar-refractivity contribution >= 4 is 16.9 Å². The normalized spacial score (nSPS) is 10.9. The van der Waals surface area contributed by atoms with E-state index < -0.39 is 0 Å². The molecule has 0 unspecified atom stereocenters. The Hall–Kier alpha value is -2.71. The molecule has 0 aromatic carbocycles. The zero-order valence-electron chi connectivity index (χ0n) is 11.0. The summed E-state index contributed by atoms with van der Waals surface area (Å²) in [5, 5.41) is 15.0. The van der Waals surface area contributed by atoms with Gasteiger partial charge in [0, 0.05) is 0 Å². The second-order valence-electron chi connectivity index (χ2n) is 4.10. The summed E-state index contributed by atoms with van der Waals surface area (Å²) in [6.07, 6.45) is 1.42. The molecular weight excluding hydrogens is 264 g/mol. The van der Waals surface area contributed by atoms with Gasteiger partial charge in [0.25, 0.3) is 11.6 Å². The summed E-state index contributed by atoms with van der Waals surface area (Å²) in [6.45, 7) is 4.52. The summed E-state index contributed by atoms with van der Waals surface area (Å²) < 4.78 is 15.0. The maximum atomic E-state index is 5.41. The quantitative estimate of drug-likeness (QED) is 0.684. The molecule has 9 heteroatoms. The molecule has 3 heterocycles. The Morgan fingerprint density at radius 1 is 1.15 bits per heavy atom. The first kappa shape index (κ1) is 12.3. The second-order valence-corrected chi connectivity index (χ2v) is 4.10. The van der Waals surface area contributed by atoms with E-state index in [1.165, 1.54) is 6.33 Å². The van der Waals surface area contributed by atoms with E-state index in [9.17, 15) is 0 Å². The van der Waals surface area contributed by atoms with Gasteiger partial charge in [0.2, 0.25) is 0 Å². The molecule has 3 aromatic rings. The lowest BCUT2D eigenvalue weighted by atomic mass is 10.3. The molecule has 1 N–H and O–H groups in total. The van der Waals surface area contributed by atoms with Gasteiger partial charge >= 0.3 is 0 Å². The smallest absolute Gasteiger partial charge is 0.278 e. The van der Waals surface area contributed by atoms with Gasteiger partial charge in [-0.3, -0.25) is 0 Å². The van der Waals surface area contributed by atoms with Gasteiger partial charge in [0.15, 0.2) is 0 Å². The molecule has 3 rings (SSSR count). The van der Waals surface area contributed by atoms with Crippen LogP contribution in [-0.4, -0.2) is 38.6 Å². The van der Waals surface area contributed by atoms with Crippen LogP contribution >= 0.6 is 0 Å². The van der Waals surface area contributed by atoms with Crippen LogP contribution in [-0.2, 0) is 0 Å². The number of fused-ring (bicyclic) bond motifs is 1. The summed E-state index contributed by atoms with van der Waals surface area (Å²) in [5.41, 5.74) is 1.81. The van der Waals surface area contributed by atoms with Crippen molar-refractivity contribution in [2.24, 2.45) is 0 Å². The number of nitrogens with one attached hydrogen (secondary N) is 1. The van der Waals surface area contributed by atoms with Crippen molar-refractivity contribution in [1.29, 1.82) is 0 Å². The summed E-state index contributed by atoms with van der Waals surface area (Å²) in [4.78, 5) is 8.17. The number of aryl methyl sites for hydroxylation is 2. The number of hydrogen-bond donors (Lipinski definition) is 1. The zero-order valence-corrected chi connectivity index (χ0v) is 11.0. The standard InChI is InChI=1S/C11H12N6O3/c1-6-8-9(13-5-14-11(8)19-15-6)12-3-4-18-10-7(2)16-20-17-10/h5H,3-4H2,1-2H3,(H,12,13,14). The number of hydrogen-bond acceptors (Lipinski definition) is 9. The predicted molar refractivity (Wildman–Crippen MR) is 67.4 cm³/mol. The van der Waals surface area contributed by atoms with E-state index in [0.717, 1.165) is 11.1 Å². The molecule has 0 saturated heterocycles. The molecule has 0 fully saturated rings. The fraction of sp³-hybridized carbons (Fsp3) is 0.364. The Balaban J connectivity index is 1.63. The van der Waals surface area contributed by atoms with E-state index >= 15 is 0 Å². The van der Waals surface area contributed by atoms with Gasteiger partial charge in [0.1, 0.15) is 29.8 Å². The molecule has 3 aromatic heterocycles. The van der Waals surface area contributed by atoms with E-state index in [1.54, 1.807) is 6.92 Å². The summed E-state index contributed by atoms with van der Waals surface area (Å²) in [5.74, 6) is 1.05. The largest absolute Gasteiger partial charge is 0.472 e. The first-order chi connectivity index (χ1) is 9.75. The first-order valence-electron chi connectivity index (χ1n) is 5.98.